The van der Waals surface area contributed by atoms with Crippen molar-refractivity contribution in [3.63, 3.8) is 0 Å². The Morgan fingerprint density at radius 3 is 2.68 bits per heavy atom. The second kappa shape index (κ2) is 5.57. The van der Waals surface area contributed by atoms with Gasteiger partial charge in [-0.25, -0.2) is 4.98 Å². The summed E-state index contributed by atoms with van der Waals surface area (Å²) in [7, 11) is 0. The molecule has 1 aromatic heterocycles. The summed E-state index contributed by atoms with van der Waals surface area (Å²) in [5.41, 5.74) is 3.80. The Morgan fingerprint density at radius 1 is 1.21 bits per heavy atom. The second-order valence-electron chi connectivity index (χ2n) is 5.49. The van der Waals surface area contributed by atoms with Crippen LogP contribution in [0.2, 0.25) is 0 Å². The van der Waals surface area contributed by atoms with Gasteiger partial charge in [-0.2, -0.15) is 0 Å². The Labute approximate surface area is 114 Å². The van der Waals surface area contributed by atoms with Crippen LogP contribution in [-0.2, 0) is 6.54 Å². The van der Waals surface area contributed by atoms with Gasteiger partial charge in [-0.05, 0) is 44.3 Å². The van der Waals surface area contributed by atoms with E-state index < -0.39 is 0 Å². The first-order chi connectivity index (χ1) is 9.33. The van der Waals surface area contributed by atoms with Crippen molar-refractivity contribution in [1.82, 2.24) is 14.9 Å². The van der Waals surface area contributed by atoms with Crippen LogP contribution in [0, 0.1) is 12.8 Å². The SMILES string of the molecule is Cc1ccc(-c2cncn2CC2CCNCC2)cc1. The molecule has 0 bridgehead atoms. The minimum atomic E-state index is 0.777. The third kappa shape index (κ3) is 2.87. The van der Waals surface area contributed by atoms with Gasteiger partial charge < -0.3 is 9.88 Å². The molecular formula is C16H21N3. The lowest BCUT2D eigenvalue weighted by atomic mass is 9.98. The van der Waals surface area contributed by atoms with Crippen molar-refractivity contribution in [2.24, 2.45) is 5.92 Å². The number of nitrogens with one attached hydrogen (secondary N) is 1. The summed E-state index contributed by atoms with van der Waals surface area (Å²) in [4.78, 5) is 4.33. The first-order valence-corrected chi connectivity index (χ1v) is 7.11. The van der Waals surface area contributed by atoms with E-state index in [1.165, 1.54) is 29.7 Å². The number of piperidine rings is 1. The highest BCUT2D eigenvalue weighted by Crippen LogP contribution is 2.22. The molecule has 1 aliphatic heterocycles. The molecule has 3 heteroatoms. The van der Waals surface area contributed by atoms with Crippen LogP contribution in [0.3, 0.4) is 0 Å². The van der Waals surface area contributed by atoms with Crippen molar-refractivity contribution in [3.8, 4) is 11.3 Å². The number of benzene rings is 1. The number of aryl methyl sites for hydroxylation is 1. The molecule has 0 aliphatic carbocycles. The van der Waals surface area contributed by atoms with Crippen LogP contribution < -0.4 is 5.32 Å². The predicted molar refractivity (Wildman–Crippen MR) is 78.0 cm³/mol. The minimum absolute atomic E-state index is 0.777. The van der Waals surface area contributed by atoms with Crippen molar-refractivity contribution in [1.29, 1.82) is 0 Å². The van der Waals surface area contributed by atoms with Crippen LogP contribution in [0.25, 0.3) is 11.3 Å². The summed E-state index contributed by atoms with van der Waals surface area (Å²) in [6, 6.07) is 8.70. The van der Waals surface area contributed by atoms with Crippen LogP contribution in [0.4, 0.5) is 0 Å². The van der Waals surface area contributed by atoms with Gasteiger partial charge in [-0.1, -0.05) is 29.8 Å². The summed E-state index contributed by atoms with van der Waals surface area (Å²) >= 11 is 0. The monoisotopic (exact) mass is 255 g/mol. The molecule has 1 aliphatic rings. The lowest BCUT2D eigenvalue weighted by Crippen LogP contribution is -2.29. The van der Waals surface area contributed by atoms with Crippen LogP contribution in [-0.4, -0.2) is 22.6 Å². The molecule has 2 heterocycles. The summed E-state index contributed by atoms with van der Waals surface area (Å²) in [6.45, 7) is 5.51. The van der Waals surface area contributed by atoms with E-state index in [1.54, 1.807) is 0 Å². The molecular weight excluding hydrogens is 234 g/mol. The maximum absolute atomic E-state index is 4.33. The number of hydrogen-bond donors (Lipinski definition) is 1. The quantitative estimate of drug-likeness (QED) is 0.914. The van der Waals surface area contributed by atoms with Crippen molar-refractivity contribution in [3.05, 3.63) is 42.4 Å². The van der Waals surface area contributed by atoms with Crippen LogP contribution in [0.5, 0.6) is 0 Å². The van der Waals surface area contributed by atoms with E-state index in [0.717, 1.165) is 25.6 Å². The third-order valence-corrected chi connectivity index (χ3v) is 3.97. The fraction of sp³-hybridized carbons (Fsp3) is 0.438. The Hall–Kier alpha value is -1.61. The smallest absolute Gasteiger partial charge is 0.0951 e. The van der Waals surface area contributed by atoms with Crippen LogP contribution in [0.1, 0.15) is 18.4 Å². The molecule has 0 atom stereocenters. The highest BCUT2D eigenvalue weighted by molar-refractivity contribution is 5.59. The zero-order chi connectivity index (χ0) is 13.1. The van der Waals surface area contributed by atoms with Gasteiger partial charge in [0.1, 0.15) is 0 Å². The molecule has 1 saturated heterocycles. The van der Waals surface area contributed by atoms with Gasteiger partial charge >= 0.3 is 0 Å². The molecule has 0 amide bonds. The number of imidazole rings is 1. The van der Waals surface area contributed by atoms with Gasteiger partial charge in [0.15, 0.2) is 0 Å². The Kier molecular flexibility index (Phi) is 3.65. The first kappa shape index (κ1) is 12.4. The number of rotatable bonds is 3. The van der Waals surface area contributed by atoms with Crippen LogP contribution in [0.15, 0.2) is 36.8 Å². The van der Waals surface area contributed by atoms with E-state index in [9.17, 15) is 0 Å². The average molecular weight is 255 g/mol. The standard InChI is InChI=1S/C16H21N3/c1-13-2-4-15(5-3-13)16-10-18-12-19(16)11-14-6-8-17-9-7-14/h2-5,10,12,14,17H,6-9,11H2,1H3. The molecule has 3 rings (SSSR count). The normalized spacial score (nSPS) is 16.7. The van der Waals surface area contributed by atoms with Crippen molar-refractivity contribution < 1.29 is 0 Å². The van der Waals surface area contributed by atoms with E-state index >= 15 is 0 Å². The fourth-order valence-electron chi connectivity index (χ4n) is 2.77. The topological polar surface area (TPSA) is 29.9 Å². The average Bonchev–Trinajstić information content (AvgIpc) is 2.89. The summed E-state index contributed by atoms with van der Waals surface area (Å²) in [6.07, 6.45) is 6.49. The van der Waals surface area contributed by atoms with Gasteiger partial charge in [0, 0.05) is 6.54 Å². The Balaban J connectivity index is 1.79. The van der Waals surface area contributed by atoms with Gasteiger partial charge in [0.25, 0.3) is 0 Å². The third-order valence-electron chi connectivity index (χ3n) is 3.97. The highest BCUT2D eigenvalue weighted by atomic mass is 15.0. The molecule has 0 spiro atoms. The molecule has 1 N–H and O–H groups in total. The Morgan fingerprint density at radius 2 is 1.95 bits per heavy atom. The molecule has 0 unspecified atom stereocenters. The van der Waals surface area contributed by atoms with Gasteiger partial charge in [0.05, 0.1) is 18.2 Å². The summed E-state index contributed by atoms with van der Waals surface area (Å²) < 4.78 is 2.31. The molecule has 0 radical (unpaired) electrons. The summed E-state index contributed by atoms with van der Waals surface area (Å²) in [5, 5.41) is 3.42. The zero-order valence-electron chi connectivity index (χ0n) is 11.5. The fourth-order valence-corrected chi connectivity index (χ4v) is 2.77. The highest BCUT2D eigenvalue weighted by Gasteiger charge is 2.15. The Bertz CT molecular complexity index is 521. The number of aromatic nitrogens is 2. The van der Waals surface area contributed by atoms with E-state index in [-0.39, 0.29) is 0 Å². The van der Waals surface area contributed by atoms with Gasteiger partial charge in [0.2, 0.25) is 0 Å². The van der Waals surface area contributed by atoms with E-state index in [1.807, 2.05) is 12.5 Å². The molecule has 1 aromatic carbocycles. The lowest BCUT2D eigenvalue weighted by Gasteiger charge is -2.23. The molecule has 19 heavy (non-hydrogen) atoms. The van der Waals surface area contributed by atoms with Crippen molar-refractivity contribution in [2.75, 3.05) is 13.1 Å². The molecule has 3 nitrogen and oxygen atoms in total. The van der Waals surface area contributed by atoms with Crippen molar-refractivity contribution >= 4 is 0 Å². The van der Waals surface area contributed by atoms with E-state index in [0.29, 0.717) is 0 Å². The van der Waals surface area contributed by atoms with E-state index in [4.69, 9.17) is 0 Å². The van der Waals surface area contributed by atoms with Gasteiger partial charge in [-0.3, -0.25) is 0 Å². The molecule has 1 fully saturated rings. The summed E-state index contributed by atoms with van der Waals surface area (Å²) in [5.74, 6) is 0.777. The minimum Gasteiger partial charge on any atom is -0.330 e. The van der Waals surface area contributed by atoms with Gasteiger partial charge in [-0.15, -0.1) is 0 Å². The second-order valence-corrected chi connectivity index (χ2v) is 5.49. The van der Waals surface area contributed by atoms with E-state index in [2.05, 4.69) is 46.1 Å². The molecule has 2 aromatic rings. The number of hydrogen-bond acceptors (Lipinski definition) is 2. The maximum atomic E-state index is 4.33. The lowest BCUT2D eigenvalue weighted by molar-refractivity contribution is 0.334. The van der Waals surface area contributed by atoms with Crippen molar-refractivity contribution in [2.45, 2.75) is 26.3 Å². The predicted octanol–water partition coefficient (Wildman–Crippen LogP) is 2.86. The molecule has 0 saturated carbocycles. The van der Waals surface area contributed by atoms with Crippen LogP contribution >= 0.6 is 0 Å². The number of nitrogens with zero attached hydrogens (tertiary/aromatic N) is 2. The maximum Gasteiger partial charge on any atom is 0.0951 e. The first-order valence-electron chi connectivity index (χ1n) is 7.11. The zero-order valence-corrected chi connectivity index (χ0v) is 11.5. The largest absolute Gasteiger partial charge is 0.330 e. The molecule has 100 valence electrons.